The molecular weight excluding hydrogens is 282 g/mol. The van der Waals surface area contributed by atoms with E-state index in [9.17, 15) is 0 Å². The second kappa shape index (κ2) is 5.73. The number of hydrogen-bond acceptors (Lipinski definition) is 5. The molecule has 3 rings (SSSR count). The molecule has 0 unspecified atom stereocenters. The van der Waals surface area contributed by atoms with Gasteiger partial charge in [-0.2, -0.15) is 5.10 Å². The molecule has 2 heterocycles. The molecule has 0 atom stereocenters. The van der Waals surface area contributed by atoms with Gasteiger partial charge in [0.15, 0.2) is 5.65 Å². The van der Waals surface area contributed by atoms with Crippen LogP contribution in [0.2, 0.25) is 0 Å². The number of hydrogen-bond donors (Lipinski definition) is 1. The van der Waals surface area contributed by atoms with Crippen LogP contribution in [0.4, 0.5) is 5.82 Å². The van der Waals surface area contributed by atoms with E-state index in [0.717, 1.165) is 28.4 Å². The van der Waals surface area contributed by atoms with Crippen molar-refractivity contribution in [3.8, 4) is 0 Å². The van der Waals surface area contributed by atoms with Gasteiger partial charge in [-0.15, -0.1) is 11.8 Å². The summed E-state index contributed by atoms with van der Waals surface area (Å²) in [5.74, 6) is 2.37. The standard InChI is InChI=1S/C15H17N5S/c1-10-4-6-11(7-5-10)21-9-13-18-14(16-2)12-8-17-20(3)15(12)19-13/h4-8H,9H2,1-3H3,(H,16,18,19). The fourth-order valence-corrected chi connectivity index (χ4v) is 2.86. The summed E-state index contributed by atoms with van der Waals surface area (Å²) in [7, 11) is 3.76. The van der Waals surface area contributed by atoms with Crippen molar-refractivity contribution in [2.24, 2.45) is 7.05 Å². The highest BCUT2D eigenvalue weighted by Crippen LogP contribution is 2.24. The van der Waals surface area contributed by atoms with Crippen molar-refractivity contribution in [2.45, 2.75) is 17.6 Å². The minimum absolute atomic E-state index is 0.735. The predicted octanol–water partition coefficient (Wildman–Crippen LogP) is 3.01. The molecule has 1 aromatic carbocycles. The van der Waals surface area contributed by atoms with Gasteiger partial charge in [-0.3, -0.25) is 4.68 Å². The van der Waals surface area contributed by atoms with E-state index < -0.39 is 0 Å². The highest BCUT2D eigenvalue weighted by molar-refractivity contribution is 7.98. The number of nitrogens with zero attached hydrogens (tertiary/aromatic N) is 4. The summed E-state index contributed by atoms with van der Waals surface area (Å²) in [6, 6.07) is 8.49. The Labute approximate surface area is 127 Å². The Morgan fingerprint density at radius 1 is 1.19 bits per heavy atom. The van der Waals surface area contributed by atoms with Crippen LogP contribution in [0.1, 0.15) is 11.4 Å². The van der Waals surface area contributed by atoms with Crippen molar-refractivity contribution < 1.29 is 0 Å². The zero-order valence-corrected chi connectivity index (χ0v) is 13.1. The number of nitrogens with one attached hydrogen (secondary N) is 1. The first-order valence-corrected chi connectivity index (χ1v) is 7.72. The Bertz CT molecular complexity index is 764. The molecule has 0 aliphatic rings. The molecule has 0 saturated carbocycles. The summed E-state index contributed by atoms with van der Waals surface area (Å²) in [4.78, 5) is 10.4. The van der Waals surface area contributed by atoms with Crippen LogP contribution in [-0.2, 0) is 12.8 Å². The summed E-state index contributed by atoms with van der Waals surface area (Å²) in [6.07, 6.45) is 1.79. The first-order valence-electron chi connectivity index (χ1n) is 6.73. The van der Waals surface area contributed by atoms with Crippen LogP contribution in [0, 0.1) is 6.92 Å². The quantitative estimate of drug-likeness (QED) is 0.751. The molecule has 0 aliphatic carbocycles. The van der Waals surface area contributed by atoms with Crippen LogP contribution in [0.3, 0.4) is 0 Å². The number of rotatable bonds is 4. The minimum Gasteiger partial charge on any atom is -0.372 e. The third-order valence-electron chi connectivity index (χ3n) is 3.26. The number of aromatic nitrogens is 4. The molecule has 0 bridgehead atoms. The number of anilines is 1. The van der Waals surface area contributed by atoms with E-state index in [1.807, 2.05) is 14.1 Å². The lowest BCUT2D eigenvalue weighted by Crippen LogP contribution is -2.02. The van der Waals surface area contributed by atoms with Crippen molar-refractivity contribution in [3.05, 3.63) is 41.9 Å². The fourth-order valence-electron chi connectivity index (χ4n) is 2.10. The molecule has 3 aromatic rings. The summed E-state index contributed by atoms with van der Waals surface area (Å²) >= 11 is 1.74. The lowest BCUT2D eigenvalue weighted by atomic mass is 10.2. The smallest absolute Gasteiger partial charge is 0.163 e. The van der Waals surface area contributed by atoms with Crippen molar-refractivity contribution in [1.29, 1.82) is 0 Å². The van der Waals surface area contributed by atoms with Gasteiger partial charge < -0.3 is 5.32 Å². The van der Waals surface area contributed by atoms with Crippen molar-refractivity contribution >= 4 is 28.6 Å². The molecule has 2 aromatic heterocycles. The lowest BCUT2D eigenvalue weighted by Gasteiger charge is -2.06. The van der Waals surface area contributed by atoms with Crippen molar-refractivity contribution in [3.63, 3.8) is 0 Å². The fraction of sp³-hybridized carbons (Fsp3) is 0.267. The Kier molecular flexibility index (Phi) is 3.79. The van der Waals surface area contributed by atoms with Gasteiger partial charge in [-0.25, -0.2) is 9.97 Å². The monoisotopic (exact) mass is 299 g/mol. The van der Waals surface area contributed by atoms with E-state index in [1.165, 1.54) is 10.5 Å². The van der Waals surface area contributed by atoms with Gasteiger partial charge in [-0.1, -0.05) is 17.7 Å². The lowest BCUT2D eigenvalue weighted by molar-refractivity contribution is 0.782. The third kappa shape index (κ3) is 2.85. The summed E-state index contributed by atoms with van der Waals surface area (Å²) < 4.78 is 1.78. The van der Waals surface area contributed by atoms with E-state index in [4.69, 9.17) is 0 Å². The zero-order chi connectivity index (χ0) is 14.8. The van der Waals surface area contributed by atoms with Crippen LogP contribution >= 0.6 is 11.8 Å². The van der Waals surface area contributed by atoms with E-state index in [1.54, 1.807) is 22.6 Å². The van der Waals surface area contributed by atoms with Gasteiger partial charge in [0.2, 0.25) is 0 Å². The predicted molar refractivity (Wildman–Crippen MR) is 86.6 cm³/mol. The molecule has 0 radical (unpaired) electrons. The first kappa shape index (κ1) is 13.9. The van der Waals surface area contributed by atoms with Crippen molar-refractivity contribution in [2.75, 3.05) is 12.4 Å². The molecule has 5 nitrogen and oxygen atoms in total. The molecule has 0 saturated heterocycles. The molecule has 0 amide bonds. The van der Waals surface area contributed by atoms with E-state index >= 15 is 0 Å². The van der Waals surface area contributed by atoms with Crippen LogP contribution in [0.5, 0.6) is 0 Å². The Morgan fingerprint density at radius 3 is 2.67 bits per heavy atom. The second-order valence-corrected chi connectivity index (χ2v) is 5.89. The number of fused-ring (bicyclic) bond motifs is 1. The summed E-state index contributed by atoms with van der Waals surface area (Å²) in [6.45, 7) is 2.09. The van der Waals surface area contributed by atoms with E-state index in [-0.39, 0.29) is 0 Å². The van der Waals surface area contributed by atoms with E-state index in [2.05, 4.69) is 51.6 Å². The minimum atomic E-state index is 0.735. The number of aryl methyl sites for hydroxylation is 2. The van der Waals surface area contributed by atoms with Gasteiger partial charge in [0.25, 0.3) is 0 Å². The Balaban J connectivity index is 1.86. The zero-order valence-electron chi connectivity index (χ0n) is 12.3. The van der Waals surface area contributed by atoms with E-state index in [0.29, 0.717) is 0 Å². The number of benzene rings is 1. The van der Waals surface area contributed by atoms with Gasteiger partial charge in [0.1, 0.15) is 11.6 Å². The Hall–Kier alpha value is -2.08. The van der Waals surface area contributed by atoms with Gasteiger partial charge in [0, 0.05) is 19.0 Å². The SMILES string of the molecule is CNc1nc(CSc2ccc(C)cc2)nc2c1cnn2C. The average molecular weight is 299 g/mol. The number of thioether (sulfide) groups is 1. The topological polar surface area (TPSA) is 55.6 Å². The third-order valence-corrected chi connectivity index (χ3v) is 4.27. The van der Waals surface area contributed by atoms with Crippen LogP contribution < -0.4 is 5.32 Å². The molecule has 1 N–H and O–H groups in total. The molecular formula is C15H17N5S. The highest BCUT2D eigenvalue weighted by atomic mass is 32.2. The average Bonchev–Trinajstić information content (AvgIpc) is 2.87. The van der Waals surface area contributed by atoms with Gasteiger partial charge in [-0.05, 0) is 19.1 Å². The molecule has 0 spiro atoms. The highest BCUT2D eigenvalue weighted by Gasteiger charge is 2.10. The molecule has 0 aliphatic heterocycles. The van der Waals surface area contributed by atoms with Crippen LogP contribution in [-0.4, -0.2) is 26.8 Å². The molecule has 108 valence electrons. The molecule has 0 fully saturated rings. The first-order chi connectivity index (χ1) is 10.2. The largest absolute Gasteiger partial charge is 0.372 e. The summed E-state index contributed by atoms with van der Waals surface area (Å²) in [5, 5.41) is 8.30. The maximum absolute atomic E-state index is 4.60. The maximum atomic E-state index is 4.60. The normalized spacial score (nSPS) is 11.0. The van der Waals surface area contributed by atoms with Crippen LogP contribution in [0.25, 0.3) is 11.0 Å². The molecule has 6 heteroatoms. The van der Waals surface area contributed by atoms with Crippen LogP contribution in [0.15, 0.2) is 35.4 Å². The van der Waals surface area contributed by atoms with Gasteiger partial charge in [0.05, 0.1) is 17.3 Å². The summed E-state index contributed by atoms with van der Waals surface area (Å²) in [5.41, 5.74) is 2.12. The van der Waals surface area contributed by atoms with Gasteiger partial charge >= 0.3 is 0 Å². The second-order valence-electron chi connectivity index (χ2n) is 4.85. The molecule has 21 heavy (non-hydrogen) atoms. The Morgan fingerprint density at radius 2 is 1.95 bits per heavy atom. The van der Waals surface area contributed by atoms with Crippen molar-refractivity contribution in [1.82, 2.24) is 19.7 Å². The maximum Gasteiger partial charge on any atom is 0.163 e.